The minimum Gasteiger partial charge on any atom is -0.343 e. The molecule has 0 saturated heterocycles. The van der Waals surface area contributed by atoms with Crippen LogP contribution in [0.1, 0.15) is 43.4 Å². The molecule has 0 bridgehead atoms. The van der Waals surface area contributed by atoms with Gasteiger partial charge in [-0.05, 0) is 50.0 Å². The topological polar surface area (TPSA) is 46.3 Å². The average Bonchev–Trinajstić information content (AvgIpc) is 2.92. The van der Waals surface area contributed by atoms with Gasteiger partial charge >= 0.3 is 0 Å². The molecule has 1 aromatic heterocycles. The summed E-state index contributed by atoms with van der Waals surface area (Å²) < 4.78 is 0. The first-order valence-electron chi connectivity index (χ1n) is 7.20. The second-order valence-electron chi connectivity index (χ2n) is 5.51. The fraction of sp³-hybridized carbons (Fsp3) is 0.667. The number of nitrogens with zero attached hydrogens (tertiary/aromatic N) is 1. The van der Waals surface area contributed by atoms with Crippen molar-refractivity contribution in [3.8, 4) is 0 Å². The van der Waals surface area contributed by atoms with Crippen LogP contribution in [-0.4, -0.2) is 29.9 Å². The number of nitrogens with two attached hydrogens (primary N) is 1. The Bertz CT molecular complexity index is 383. The largest absolute Gasteiger partial charge is 0.343 e. The first kappa shape index (κ1) is 14.5. The molecule has 0 atom stereocenters. The van der Waals surface area contributed by atoms with Crippen LogP contribution in [0.4, 0.5) is 0 Å². The second-order valence-corrected chi connectivity index (χ2v) is 6.54. The standard InChI is InChI=1S/C15H24N2OS/c1-17(13-9-7-12(16)8-10-13)15(18)6-2-4-14-5-3-11-19-14/h3,5,11-13H,2,4,6-10,16H2,1H3. The highest BCUT2D eigenvalue weighted by molar-refractivity contribution is 7.09. The molecular formula is C15H24N2OS. The van der Waals surface area contributed by atoms with Gasteiger partial charge in [-0.1, -0.05) is 6.07 Å². The summed E-state index contributed by atoms with van der Waals surface area (Å²) in [7, 11) is 1.95. The summed E-state index contributed by atoms with van der Waals surface area (Å²) in [6.07, 6.45) is 6.87. The molecule has 1 saturated carbocycles. The minimum absolute atomic E-state index is 0.289. The van der Waals surface area contributed by atoms with E-state index in [2.05, 4.69) is 17.5 Å². The van der Waals surface area contributed by atoms with E-state index in [4.69, 9.17) is 5.73 Å². The van der Waals surface area contributed by atoms with Crippen molar-refractivity contribution >= 4 is 17.2 Å². The normalized spacial score (nSPS) is 23.3. The minimum atomic E-state index is 0.289. The summed E-state index contributed by atoms with van der Waals surface area (Å²) in [5.74, 6) is 0.289. The molecule has 3 nitrogen and oxygen atoms in total. The second kappa shape index (κ2) is 7.06. The predicted molar refractivity (Wildman–Crippen MR) is 80.3 cm³/mol. The third-order valence-corrected chi connectivity index (χ3v) is 5.01. The number of hydrogen-bond donors (Lipinski definition) is 1. The van der Waals surface area contributed by atoms with Crippen LogP contribution >= 0.6 is 11.3 Å². The molecule has 1 fully saturated rings. The first-order valence-corrected chi connectivity index (χ1v) is 8.08. The fourth-order valence-electron chi connectivity index (χ4n) is 2.74. The Morgan fingerprint density at radius 1 is 1.42 bits per heavy atom. The Kier molecular flexibility index (Phi) is 5.40. The van der Waals surface area contributed by atoms with Gasteiger partial charge < -0.3 is 10.6 Å². The molecule has 19 heavy (non-hydrogen) atoms. The molecule has 1 amide bonds. The molecule has 0 aliphatic heterocycles. The Hall–Kier alpha value is -0.870. The van der Waals surface area contributed by atoms with E-state index >= 15 is 0 Å². The molecular weight excluding hydrogens is 256 g/mol. The Morgan fingerprint density at radius 2 is 2.16 bits per heavy atom. The summed E-state index contributed by atoms with van der Waals surface area (Å²) >= 11 is 1.77. The van der Waals surface area contributed by atoms with Crippen molar-refractivity contribution in [3.63, 3.8) is 0 Å². The number of rotatable bonds is 5. The van der Waals surface area contributed by atoms with Crippen molar-refractivity contribution < 1.29 is 4.79 Å². The fourth-order valence-corrected chi connectivity index (χ4v) is 3.49. The van der Waals surface area contributed by atoms with Crippen LogP contribution in [0.15, 0.2) is 17.5 Å². The molecule has 0 unspecified atom stereocenters. The van der Waals surface area contributed by atoms with Gasteiger partial charge in [-0.15, -0.1) is 11.3 Å². The zero-order valence-electron chi connectivity index (χ0n) is 11.7. The molecule has 1 aromatic rings. The van der Waals surface area contributed by atoms with E-state index in [1.807, 2.05) is 11.9 Å². The summed E-state index contributed by atoms with van der Waals surface area (Å²) in [5.41, 5.74) is 5.91. The van der Waals surface area contributed by atoms with E-state index in [1.54, 1.807) is 11.3 Å². The lowest BCUT2D eigenvalue weighted by Gasteiger charge is -2.33. The molecule has 2 N–H and O–H groups in total. The van der Waals surface area contributed by atoms with E-state index in [-0.39, 0.29) is 5.91 Å². The molecule has 1 aliphatic carbocycles. The van der Waals surface area contributed by atoms with Crippen molar-refractivity contribution in [1.29, 1.82) is 0 Å². The van der Waals surface area contributed by atoms with Crippen molar-refractivity contribution in [3.05, 3.63) is 22.4 Å². The maximum atomic E-state index is 12.2. The zero-order valence-corrected chi connectivity index (χ0v) is 12.5. The molecule has 4 heteroatoms. The monoisotopic (exact) mass is 280 g/mol. The zero-order chi connectivity index (χ0) is 13.7. The van der Waals surface area contributed by atoms with Gasteiger partial charge in [0.15, 0.2) is 0 Å². The lowest BCUT2D eigenvalue weighted by molar-refractivity contribution is -0.132. The maximum absolute atomic E-state index is 12.2. The van der Waals surface area contributed by atoms with Crippen molar-refractivity contribution in [2.24, 2.45) is 5.73 Å². The van der Waals surface area contributed by atoms with Crippen LogP contribution < -0.4 is 5.73 Å². The average molecular weight is 280 g/mol. The highest BCUT2D eigenvalue weighted by atomic mass is 32.1. The molecule has 0 aromatic carbocycles. The van der Waals surface area contributed by atoms with E-state index in [0.29, 0.717) is 18.5 Å². The van der Waals surface area contributed by atoms with E-state index in [9.17, 15) is 4.79 Å². The maximum Gasteiger partial charge on any atom is 0.222 e. The van der Waals surface area contributed by atoms with E-state index in [1.165, 1.54) is 4.88 Å². The van der Waals surface area contributed by atoms with Crippen molar-refractivity contribution in [2.75, 3.05) is 7.05 Å². The first-order chi connectivity index (χ1) is 9.16. The van der Waals surface area contributed by atoms with Gasteiger partial charge in [0.2, 0.25) is 5.91 Å². The highest BCUT2D eigenvalue weighted by Gasteiger charge is 2.24. The lowest BCUT2D eigenvalue weighted by Crippen LogP contribution is -2.41. The van der Waals surface area contributed by atoms with Gasteiger partial charge in [-0.2, -0.15) is 0 Å². The number of amides is 1. The van der Waals surface area contributed by atoms with Crippen LogP contribution in [-0.2, 0) is 11.2 Å². The van der Waals surface area contributed by atoms with Gasteiger partial charge in [-0.25, -0.2) is 0 Å². The number of hydrogen-bond acceptors (Lipinski definition) is 3. The lowest BCUT2D eigenvalue weighted by atomic mass is 9.91. The van der Waals surface area contributed by atoms with Crippen molar-refractivity contribution in [2.45, 2.75) is 57.0 Å². The van der Waals surface area contributed by atoms with Crippen LogP contribution in [0.5, 0.6) is 0 Å². The molecule has 2 rings (SSSR count). The van der Waals surface area contributed by atoms with Gasteiger partial charge in [-0.3, -0.25) is 4.79 Å². The van der Waals surface area contributed by atoms with Crippen LogP contribution in [0.3, 0.4) is 0 Å². The van der Waals surface area contributed by atoms with E-state index < -0.39 is 0 Å². The number of carbonyl (C=O) groups excluding carboxylic acids is 1. The summed E-state index contributed by atoms with van der Waals surface area (Å²) in [5, 5.41) is 2.09. The number of aryl methyl sites for hydroxylation is 1. The van der Waals surface area contributed by atoms with Gasteiger partial charge in [0, 0.05) is 30.4 Å². The van der Waals surface area contributed by atoms with Crippen LogP contribution in [0.2, 0.25) is 0 Å². The molecule has 0 radical (unpaired) electrons. The van der Waals surface area contributed by atoms with Crippen LogP contribution in [0, 0.1) is 0 Å². The van der Waals surface area contributed by atoms with Crippen molar-refractivity contribution in [1.82, 2.24) is 4.90 Å². The SMILES string of the molecule is CN(C(=O)CCCc1cccs1)C1CCC(N)CC1. The molecule has 1 heterocycles. The predicted octanol–water partition coefficient (Wildman–Crippen LogP) is 2.80. The highest BCUT2D eigenvalue weighted by Crippen LogP contribution is 2.22. The summed E-state index contributed by atoms with van der Waals surface area (Å²) in [6.45, 7) is 0. The van der Waals surface area contributed by atoms with Gasteiger partial charge in [0.1, 0.15) is 0 Å². The number of carbonyl (C=O) groups is 1. The third-order valence-electron chi connectivity index (χ3n) is 4.08. The van der Waals surface area contributed by atoms with Gasteiger partial charge in [0.25, 0.3) is 0 Å². The Labute approximate surface area is 119 Å². The smallest absolute Gasteiger partial charge is 0.222 e. The Balaban J connectivity index is 1.70. The quantitative estimate of drug-likeness (QED) is 0.901. The summed E-state index contributed by atoms with van der Waals surface area (Å²) in [6, 6.07) is 4.97. The van der Waals surface area contributed by atoms with E-state index in [0.717, 1.165) is 38.5 Å². The summed E-state index contributed by atoms with van der Waals surface area (Å²) in [4.78, 5) is 15.5. The molecule has 106 valence electrons. The third kappa shape index (κ3) is 4.32. The number of thiophene rings is 1. The van der Waals surface area contributed by atoms with Gasteiger partial charge in [0.05, 0.1) is 0 Å². The Morgan fingerprint density at radius 3 is 2.79 bits per heavy atom. The van der Waals surface area contributed by atoms with Crippen LogP contribution in [0.25, 0.3) is 0 Å². The molecule has 1 aliphatic rings. The molecule has 0 spiro atoms.